The van der Waals surface area contributed by atoms with Gasteiger partial charge in [0.15, 0.2) is 4.33 Å². The van der Waals surface area contributed by atoms with Crippen molar-refractivity contribution in [1.29, 1.82) is 0 Å². The minimum Gasteiger partial charge on any atom is -0.508 e. The Hall–Kier alpha value is -0.0500. The van der Waals surface area contributed by atoms with Gasteiger partial charge in [0.25, 0.3) is 0 Å². The van der Waals surface area contributed by atoms with Crippen LogP contribution in [0.5, 0.6) is 5.75 Å². The van der Waals surface area contributed by atoms with E-state index in [0.717, 1.165) is 5.56 Å². The van der Waals surface area contributed by atoms with Gasteiger partial charge in [0, 0.05) is 5.03 Å². The predicted octanol–water partition coefficient (Wildman–Crippen LogP) is 5.26. The van der Waals surface area contributed by atoms with Crippen molar-refractivity contribution in [2.24, 2.45) is 0 Å². The average Bonchev–Trinajstić information content (AvgIpc) is 2.30. The van der Waals surface area contributed by atoms with Gasteiger partial charge < -0.3 is 5.11 Å². The van der Waals surface area contributed by atoms with Crippen LogP contribution in [0.2, 0.25) is 0 Å². The van der Waals surface area contributed by atoms with Crippen molar-refractivity contribution in [2.75, 3.05) is 0 Å². The number of alkyl halides is 3. The Bertz CT molecular complexity index is 530. The van der Waals surface area contributed by atoms with Crippen LogP contribution in [0.4, 0.5) is 0 Å². The molecule has 0 heterocycles. The van der Waals surface area contributed by atoms with Gasteiger partial charge >= 0.3 is 0 Å². The van der Waals surface area contributed by atoms with E-state index in [1.54, 1.807) is 12.1 Å². The van der Waals surface area contributed by atoms with E-state index >= 15 is 0 Å². The lowest BCUT2D eigenvalue weighted by Gasteiger charge is -2.31. The number of phenolic OH excluding ortho intramolecular Hbond substituents is 1. The van der Waals surface area contributed by atoms with Crippen LogP contribution < -0.4 is 0 Å². The maximum atomic E-state index is 9.26. The molecule has 18 heavy (non-hydrogen) atoms. The first-order valence-corrected chi connectivity index (χ1v) is 6.87. The van der Waals surface area contributed by atoms with E-state index in [0.29, 0.717) is 10.6 Å². The van der Waals surface area contributed by atoms with Crippen molar-refractivity contribution in [1.82, 2.24) is 0 Å². The van der Waals surface area contributed by atoms with Crippen LogP contribution in [0.25, 0.3) is 5.57 Å². The molecule has 0 bridgehead atoms. The summed E-state index contributed by atoms with van der Waals surface area (Å²) in [6.45, 7) is 0. The van der Waals surface area contributed by atoms with Crippen LogP contribution in [0.3, 0.4) is 0 Å². The van der Waals surface area contributed by atoms with Crippen molar-refractivity contribution in [3.8, 4) is 5.75 Å². The molecule has 96 valence electrons. The molecule has 1 nitrogen and oxygen atoms in total. The monoisotopic (exact) mass is 342 g/mol. The molecule has 1 unspecified atom stereocenters. The molecule has 0 fully saturated rings. The summed E-state index contributed by atoms with van der Waals surface area (Å²) >= 11 is 30.5. The maximum absolute atomic E-state index is 9.26. The van der Waals surface area contributed by atoms with Crippen molar-refractivity contribution in [3.05, 3.63) is 46.0 Å². The lowest BCUT2D eigenvalue weighted by Crippen LogP contribution is -2.31. The summed E-state index contributed by atoms with van der Waals surface area (Å²) in [6.07, 6.45) is 1.48. The number of halogens is 5. The van der Waals surface area contributed by atoms with Crippen LogP contribution >= 0.6 is 58.0 Å². The molecule has 1 aliphatic carbocycles. The summed E-state index contributed by atoms with van der Waals surface area (Å²) < 4.78 is -1.42. The second-order valence-corrected chi connectivity index (χ2v) is 6.42. The Morgan fingerprint density at radius 1 is 1.06 bits per heavy atom. The molecule has 0 spiro atoms. The van der Waals surface area contributed by atoms with Gasteiger partial charge in [-0.15, -0.1) is 11.6 Å². The average molecular weight is 344 g/mol. The number of hydrogen-bond donors (Lipinski definition) is 1. The number of phenols is 1. The lowest BCUT2D eigenvalue weighted by molar-refractivity contribution is 0.475. The van der Waals surface area contributed by atoms with Gasteiger partial charge in [0.2, 0.25) is 0 Å². The topological polar surface area (TPSA) is 20.2 Å². The Morgan fingerprint density at radius 3 is 2.17 bits per heavy atom. The van der Waals surface area contributed by atoms with Gasteiger partial charge in [-0.3, -0.25) is 0 Å². The molecule has 1 aromatic carbocycles. The van der Waals surface area contributed by atoms with Crippen LogP contribution in [0.15, 0.2) is 40.4 Å². The zero-order valence-electron chi connectivity index (χ0n) is 8.80. The van der Waals surface area contributed by atoms with Crippen molar-refractivity contribution in [2.45, 2.75) is 9.71 Å². The zero-order chi connectivity index (χ0) is 13.5. The molecule has 6 heteroatoms. The number of rotatable bonds is 1. The molecular formula is C12H7Cl5O. The third kappa shape index (κ3) is 2.48. The highest BCUT2D eigenvalue weighted by Gasteiger charge is 2.43. The molecule has 0 amide bonds. The quantitative estimate of drug-likeness (QED) is 0.689. The normalized spacial score (nSPS) is 22.9. The molecule has 1 atom stereocenters. The molecule has 1 aromatic rings. The molecular weight excluding hydrogens is 337 g/mol. The fourth-order valence-corrected chi connectivity index (χ4v) is 3.04. The van der Waals surface area contributed by atoms with Gasteiger partial charge in [-0.2, -0.15) is 0 Å². The Labute approximate surface area is 130 Å². The molecule has 0 saturated heterocycles. The SMILES string of the molecule is Oc1ccc(C2=C(Cl)C=C(Cl)C(Cl)(Cl)C2Cl)cc1. The number of hydrogen-bond acceptors (Lipinski definition) is 1. The minimum absolute atomic E-state index is 0.147. The summed E-state index contributed by atoms with van der Waals surface area (Å²) in [4.78, 5) is 0. The molecule has 0 saturated carbocycles. The molecule has 1 aliphatic rings. The van der Waals surface area contributed by atoms with E-state index in [1.807, 2.05) is 0 Å². The van der Waals surface area contributed by atoms with Gasteiger partial charge in [0.1, 0.15) is 5.75 Å². The zero-order valence-corrected chi connectivity index (χ0v) is 12.6. The van der Waals surface area contributed by atoms with Crippen molar-refractivity contribution >= 4 is 63.6 Å². The van der Waals surface area contributed by atoms with E-state index in [2.05, 4.69) is 0 Å². The number of allylic oxidation sites excluding steroid dienone is 4. The molecule has 2 rings (SSSR count). The van der Waals surface area contributed by atoms with E-state index in [-0.39, 0.29) is 10.8 Å². The molecule has 0 aliphatic heterocycles. The predicted molar refractivity (Wildman–Crippen MR) is 78.9 cm³/mol. The molecule has 0 radical (unpaired) electrons. The van der Waals surface area contributed by atoms with Gasteiger partial charge in [-0.1, -0.05) is 58.5 Å². The fraction of sp³-hybridized carbons (Fsp3) is 0.167. The Morgan fingerprint density at radius 2 is 1.61 bits per heavy atom. The second-order valence-electron chi connectivity index (χ2n) is 3.79. The summed E-state index contributed by atoms with van der Waals surface area (Å²) in [5.41, 5.74) is 1.30. The first-order valence-electron chi connectivity index (χ1n) is 4.92. The van der Waals surface area contributed by atoms with Crippen LogP contribution in [-0.4, -0.2) is 14.8 Å². The maximum Gasteiger partial charge on any atom is 0.173 e. The largest absolute Gasteiger partial charge is 0.508 e. The first kappa shape index (κ1) is 14.4. The van der Waals surface area contributed by atoms with Gasteiger partial charge in [0.05, 0.1) is 10.4 Å². The highest BCUT2D eigenvalue weighted by Crippen LogP contribution is 2.50. The summed E-state index contributed by atoms with van der Waals surface area (Å²) in [6, 6.07) is 6.42. The van der Waals surface area contributed by atoms with E-state index in [1.165, 1.54) is 18.2 Å². The molecule has 1 N–H and O–H groups in total. The van der Waals surface area contributed by atoms with E-state index < -0.39 is 9.71 Å². The highest BCUT2D eigenvalue weighted by molar-refractivity contribution is 6.61. The second kappa shape index (κ2) is 5.15. The van der Waals surface area contributed by atoms with Gasteiger partial charge in [-0.25, -0.2) is 0 Å². The van der Waals surface area contributed by atoms with Crippen molar-refractivity contribution in [3.63, 3.8) is 0 Å². The molecule has 0 aromatic heterocycles. The van der Waals surface area contributed by atoms with E-state index in [4.69, 9.17) is 58.0 Å². The Kier molecular flexibility index (Phi) is 4.10. The summed E-state index contributed by atoms with van der Waals surface area (Å²) in [7, 11) is 0. The van der Waals surface area contributed by atoms with E-state index in [9.17, 15) is 5.11 Å². The third-order valence-electron chi connectivity index (χ3n) is 2.58. The van der Waals surface area contributed by atoms with Crippen LogP contribution in [0, 0.1) is 0 Å². The number of aromatic hydroxyl groups is 1. The highest BCUT2D eigenvalue weighted by atomic mass is 35.5. The van der Waals surface area contributed by atoms with Crippen LogP contribution in [-0.2, 0) is 0 Å². The smallest absolute Gasteiger partial charge is 0.173 e. The Balaban J connectivity index is 2.55. The number of benzene rings is 1. The van der Waals surface area contributed by atoms with Crippen LogP contribution in [0.1, 0.15) is 5.56 Å². The summed E-state index contributed by atoms with van der Waals surface area (Å²) in [5.74, 6) is 0.147. The third-order valence-corrected chi connectivity index (χ3v) is 5.11. The minimum atomic E-state index is -1.42. The first-order chi connectivity index (χ1) is 8.34. The van der Waals surface area contributed by atoms with Crippen molar-refractivity contribution < 1.29 is 5.11 Å². The lowest BCUT2D eigenvalue weighted by atomic mass is 9.96. The van der Waals surface area contributed by atoms with Gasteiger partial charge in [-0.05, 0) is 29.3 Å². The summed E-state index contributed by atoms with van der Waals surface area (Å²) in [5, 5.41) is 9.04. The fourth-order valence-electron chi connectivity index (χ4n) is 1.63. The standard InChI is InChI=1S/C12H7Cl5O/c13-8-5-9(14)12(16,17)11(15)10(8)6-1-3-7(18)4-2-6/h1-5,11,18H.